The standard InChI is InChI=1S/C20H23N3S/c1-14-4-6-16(3)18(12-14)22-8-10-23(11-9-22)20-21-17-7-5-15(2)13-19(17)24-20/h4-7,12-13H,8-11H2,1-3H3. The SMILES string of the molecule is Cc1ccc(C)c(N2CCN(c3nc4ccc(C)cc4s3)CC2)c1. The number of hydrogen-bond donors (Lipinski definition) is 0. The Hall–Kier alpha value is -2.07. The fraction of sp³-hybridized carbons (Fsp3) is 0.350. The Balaban J connectivity index is 1.51. The van der Waals surface area contributed by atoms with Gasteiger partial charge in [0.05, 0.1) is 10.2 Å². The normalized spacial score (nSPS) is 15.3. The van der Waals surface area contributed by atoms with Crippen LogP contribution in [-0.2, 0) is 0 Å². The van der Waals surface area contributed by atoms with Crippen LogP contribution in [0.15, 0.2) is 36.4 Å². The molecular weight excluding hydrogens is 314 g/mol. The van der Waals surface area contributed by atoms with Gasteiger partial charge in [0, 0.05) is 31.9 Å². The second kappa shape index (κ2) is 6.10. The molecule has 0 bridgehead atoms. The van der Waals surface area contributed by atoms with E-state index in [-0.39, 0.29) is 0 Å². The Bertz CT molecular complexity index is 876. The largest absolute Gasteiger partial charge is 0.368 e. The number of hydrogen-bond acceptors (Lipinski definition) is 4. The minimum Gasteiger partial charge on any atom is -0.368 e. The van der Waals surface area contributed by atoms with Gasteiger partial charge in [0.25, 0.3) is 0 Å². The van der Waals surface area contributed by atoms with Crippen LogP contribution in [0.4, 0.5) is 10.8 Å². The number of aromatic nitrogens is 1. The first kappa shape index (κ1) is 15.5. The van der Waals surface area contributed by atoms with Gasteiger partial charge in [0.2, 0.25) is 0 Å². The first-order valence-electron chi connectivity index (χ1n) is 8.54. The van der Waals surface area contributed by atoms with Crippen molar-refractivity contribution in [1.29, 1.82) is 0 Å². The highest BCUT2D eigenvalue weighted by atomic mass is 32.1. The predicted molar refractivity (Wildman–Crippen MR) is 105 cm³/mol. The van der Waals surface area contributed by atoms with Crippen LogP contribution in [0.25, 0.3) is 10.2 Å². The number of fused-ring (bicyclic) bond motifs is 1. The average Bonchev–Trinajstić information content (AvgIpc) is 3.00. The molecule has 3 aromatic rings. The highest BCUT2D eigenvalue weighted by molar-refractivity contribution is 7.22. The fourth-order valence-corrected chi connectivity index (χ4v) is 4.47. The summed E-state index contributed by atoms with van der Waals surface area (Å²) in [5, 5.41) is 1.16. The van der Waals surface area contributed by atoms with Gasteiger partial charge < -0.3 is 9.80 Å². The third kappa shape index (κ3) is 2.86. The number of anilines is 2. The van der Waals surface area contributed by atoms with Gasteiger partial charge in [0.1, 0.15) is 0 Å². The van der Waals surface area contributed by atoms with E-state index >= 15 is 0 Å². The Morgan fingerprint density at radius 2 is 1.50 bits per heavy atom. The highest BCUT2D eigenvalue weighted by Gasteiger charge is 2.21. The zero-order valence-corrected chi connectivity index (χ0v) is 15.4. The third-order valence-electron chi connectivity index (χ3n) is 4.79. The molecule has 0 saturated carbocycles. The fourth-order valence-electron chi connectivity index (χ4n) is 3.35. The molecular formula is C20H23N3S. The lowest BCUT2D eigenvalue weighted by molar-refractivity contribution is 0.651. The smallest absolute Gasteiger partial charge is 0.186 e. The molecule has 1 aliphatic rings. The number of nitrogens with zero attached hydrogens (tertiary/aromatic N) is 3. The van der Waals surface area contributed by atoms with E-state index in [4.69, 9.17) is 4.98 Å². The van der Waals surface area contributed by atoms with Crippen LogP contribution in [-0.4, -0.2) is 31.2 Å². The Labute approximate surface area is 147 Å². The van der Waals surface area contributed by atoms with Crippen molar-refractivity contribution in [3.63, 3.8) is 0 Å². The van der Waals surface area contributed by atoms with E-state index in [1.54, 1.807) is 0 Å². The van der Waals surface area contributed by atoms with Crippen molar-refractivity contribution in [3.05, 3.63) is 53.1 Å². The zero-order valence-electron chi connectivity index (χ0n) is 14.5. The minimum absolute atomic E-state index is 1.03. The molecule has 2 aromatic carbocycles. The van der Waals surface area contributed by atoms with Crippen molar-refractivity contribution in [2.24, 2.45) is 0 Å². The van der Waals surface area contributed by atoms with Crippen LogP contribution >= 0.6 is 11.3 Å². The summed E-state index contributed by atoms with van der Waals surface area (Å²) in [7, 11) is 0. The summed E-state index contributed by atoms with van der Waals surface area (Å²) in [6, 6.07) is 13.3. The first-order valence-corrected chi connectivity index (χ1v) is 9.36. The first-order chi connectivity index (χ1) is 11.6. The number of rotatable bonds is 2. The lowest BCUT2D eigenvalue weighted by Crippen LogP contribution is -2.46. The van der Waals surface area contributed by atoms with Gasteiger partial charge >= 0.3 is 0 Å². The molecule has 0 amide bonds. The topological polar surface area (TPSA) is 19.4 Å². The van der Waals surface area contributed by atoms with Crippen LogP contribution in [0, 0.1) is 20.8 Å². The maximum absolute atomic E-state index is 4.83. The van der Waals surface area contributed by atoms with E-state index in [0.717, 1.165) is 36.8 Å². The van der Waals surface area contributed by atoms with Crippen LogP contribution in [0.2, 0.25) is 0 Å². The van der Waals surface area contributed by atoms with Crippen molar-refractivity contribution in [3.8, 4) is 0 Å². The molecule has 0 atom stereocenters. The zero-order chi connectivity index (χ0) is 16.7. The van der Waals surface area contributed by atoms with Crippen molar-refractivity contribution >= 4 is 32.4 Å². The van der Waals surface area contributed by atoms with Crippen molar-refractivity contribution in [2.45, 2.75) is 20.8 Å². The Morgan fingerprint density at radius 1 is 0.833 bits per heavy atom. The Morgan fingerprint density at radius 3 is 2.29 bits per heavy atom. The summed E-state index contributed by atoms with van der Waals surface area (Å²) in [6.45, 7) is 10.7. The molecule has 1 aromatic heterocycles. The van der Waals surface area contributed by atoms with Gasteiger partial charge in [-0.25, -0.2) is 4.98 Å². The number of piperazine rings is 1. The lowest BCUT2D eigenvalue weighted by Gasteiger charge is -2.36. The summed E-state index contributed by atoms with van der Waals surface area (Å²) >= 11 is 1.82. The monoisotopic (exact) mass is 337 g/mol. The van der Waals surface area contributed by atoms with Gasteiger partial charge in [-0.15, -0.1) is 0 Å². The molecule has 4 rings (SSSR count). The van der Waals surface area contributed by atoms with Crippen LogP contribution in [0.1, 0.15) is 16.7 Å². The minimum atomic E-state index is 1.03. The van der Waals surface area contributed by atoms with Crippen LogP contribution in [0.3, 0.4) is 0 Å². The number of aryl methyl sites for hydroxylation is 3. The second-order valence-corrected chi connectivity index (χ2v) is 7.74. The van der Waals surface area contributed by atoms with Gasteiger partial charge in [0.15, 0.2) is 5.13 Å². The van der Waals surface area contributed by atoms with E-state index in [1.165, 1.54) is 27.1 Å². The molecule has 1 saturated heterocycles. The molecule has 0 spiro atoms. The molecule has 1 aliphatic heterocycles. The molecule has 0 N–H and O–H groups in total. The maximum atomic E-state index is 4.83. The maximum Gasteiger partial charge on any atom is 0.186 e. The van der Waals surface area contributed by atoms with E-state index in [1.807, 2.05) is 11.3 Å². The summed E-state index contributed by atoms with van der Waals surface area (Å²) < 4.78 is 1.29. The van der Waals surface area contributed by atoms with E-state index in [0.29, 0.717) is 0 Å². The highest BCUT2D eigenvalue weighted by Crippen LogP contribution is 2.31. The van der Waals surface area contributed by atoms with E-state index in [2.05, 4.69) is 67.0 Å². The summed E-state index contributed by atoms with van der Waals surface area (Å²) in [5.74, 6) is 0. The molecule has 124 valence electrons. The third-order valence-corrected chi connectivity index (χ3v) is 5.87. The molecule has 0 radical (unpaired) electrons. The molecule has 24 heavy (non-hydrogen) atoms. The molecule has 2 heterocycles. The molecule has 3 nitrogen and oxygen atoms in total. The molecule has 4 heteroatoms. The number of thiazole rings is 1. The van der Waals surface area contributed by atoms with Gasteiger partial charge in [-0.05, 0) is 55.7 Å². The van der Waals surface area contributed by atoms with Crippen LogP contribution < -0.4 is 9.80 Å². The van der Waals surface area contributed by atoms with Crippen molar-refractivity contribution in [2.75, 3.05) is 36.0 Å². The Kier molecular flexibility index (Phi) is 3.93. The summed E-state index contributed by atoms with van der Waals surface area (Å²) in [4.78, 5) is 9.78. The van der Waals surface area contributed by atoms with E-state index in [9.17, 15) is 0 Å². The average molecular weight is 337 g/mol. The lowest BCUT2D eigenvalue weighted by atomic mass is 10.1. The molecule has 1 fully saturated rings. The van der Waals surface area contributed by atoms with Gasteiger partial charge in [-0.1, -0.05) is 29.5 Å². The summed E-state index contributed by atoms with van der Waals surface area (Å²) in [5.41, 5.74) is 6.51. The van der Waals surface area contributed by atoms with Gasteiger partial charge in [-0.3, -0.25) is 0 Å². The summed E-state index contributed by atoms with van der Waals surface area (Å²) in [6.07, 6.45) is 0. The number of benzene rings is 2. The second-order valence-electron chi connectivity index (χ2n) is 6.73. The van der Waals surface area contributed by atoms with Crippen molar-refractivity contribution in [1.82, 2.24) is 4.98 Å². The van der Waals surface area contributed by atoms with Crippen molar-refractivity contribution < 1.29 is 0 Å². The van der Waals surface area contributed by atoms with E-state index < -0.39 is 0 Å². The molecule has 0 unspecified atom stereocenters. The predicted octanol–water partition coefficient (Wildman–Crippen LogP) is 4.55. The quantitative estimate of drug-likeness (QED) is 0.684. The molecule has 0 aliphatic carbocycles. The van der Waals surface area contributed by atoms with Gasteiger partial charge in [-0.2, -0.15) is 0 Å². The van der Waals surface area contributed by atoms with Crippen LogP contribution in [0.5, 0.6) is 0 Å².